The number of benzene rings is 2. The highest BCUT2D eigenvalue weighted by Crippen LogP contribution is 2.41. The van der Waals surface area contributed by atoms with E-state index in [4.69, 9.17) is 21.1 Å². The third-order valence-corrected chi connectivity index (χ3v) is 3.89. The van der Waals surface area contributed by atoms with Gasteiger partial charge in [-0.2, -0.15) is 0 Å². The van der Waals surface area contributed by atoms with Crippen molar-refractivity contribution in [2.75, 3.05) is 11.9 Å². The van der Waals surface area contributed by atoms with Crippen molar-refractivity contribution in [2.45, 2.75) is 25.9 Å². The lowest BCUT2D eigenvalue weighted by Crippen LogP contribution is -2.25. The maximum atomic E-state index is 12.0. The number of hydrogen-bond acceptors (Lipinski definition) is 3. The zero-order valence-corrected chi connectivity index (χ0v) is 13.8. The molecule has 0 unspecified atom stereocenters. The van der Waals surface area contributed by atoms with Crippen LogP contribution >= 0.6 is 11.6 Å². The minimum Gasteiger partial charge on any atom is -0.483 e. The normalized spacial score (nSPS) is 14.7. The second kappa shape index (κ2) is 6.13. The minimum absolute atomic E-state index is 0.106. The van der Waals surface area contributed by atoms with Gasteiger partial charge >= 0.3 is 0 Å². The van der Waals surface area contributed by atoms with Crippen LogP contribution in [0.5, 0.6) is 11.5 Å². The minimum atomic E-state index is -0.270. The number of para-hydroxylation sites is 2. The molecule has 0 fully saturated rings. The number of halogens is 1. The Morgan fingerprint density at radius 3 is 2.83 bits per heavy atom. The molecule has 0 atom stereocenters. The lowest BCUT2D eigenvalue weighted by atomic mass is 10.0. The molecule has 120 valence electrons. The summed E-state index contributed by atoms with van der Waals surface area (Å²) in [5.41, 5.74) is 1.42. The maximum absolute atomic E-state index is 12.0. The lowest BCUT2D eigenvalue weighted by Gasteiger charge is -2.18. The van der Waals surface area contributed by atoms with Crippen LogP contribution in [0.2, 0.25) is 5.02 Å². The number of anilines is 1. The van der Waals surface area contributed by atoms with E-state index in [1.807, 2.05) is 38.1 Å². The van der Waals surface area contributed by atoms with Crippen molar-refractivity contribution in [2.24, 2.45) is 0 Å². The fourth-order valence-electron chi connectivity index (χ4n) is 2.59. The van der Waals surface area contributed by atoms with Gasteiger partial charge in [-0.1, -0.05) is 35.9 Å². The zero-order chi connectivity index (χ0) is 16.4. The van der Waals surface area contributed by atoms with E-state index in [9.17, 15) is 4.79 Å². The molecule has 0 saturated carbocycles. The van der Waals surface area contributed by atoms with Gasteiger partial charge in [-0.15, -0.1) is 0 Å². The van der Waals surface area contributed by atoms with Gasteiger partial charge in [-0.05, 0) is 32.0 Å². The number of carbonyl (C=O) groups is 1. The Labute approximate surface area is 140 Å². The van der Waals surface area contributed by atoms with Crippen molar-refractivity contribution in [3.8, 4) is 11.5 Å². The summed E-state index contributed by atoms with van der Waals surface area (Å²) in [6.45, 7) is 3.95. The van der Waals surface area contributed by atoms with Crippen molar-refractivity contribution >= 4 is 23.2 Å². The standard InChI is InChI=1S/C18H18ClNO3/c1-18(2)10-12-6-5-9-15(17(12)23-18)22-11-16(21)20-14-8-4-3-7-13(14)19/h3-9H,10-11H2,1-2H3,(H,20,21). The highest BCUT2D eigenvalue weighted by atomic mass is 35.5. The molecular formula is C18H18ClNO3. The van der Waals surface area contributed by atoms with Crippen LogP contribution in [-0.2, 0) is 11.2 Å². The topological polar surface area (TPSA) is 47.6 Å². The van der Waals surface area contributed by atoms with Gasteiger partial charge in [0.25, 0.3) is 5.91 Å². The van der Waals surface area contributed by atoms with E-state index in [2.05, 4.69) is 5.32 Å². The Bertz CT molecular complexity index is 743. The van der Waals surface area contributed by atoms with Crippen LogP contribution in [-0.4, -0.2) is 18.1 Å². The molecule has 2 aromatic carbocycles. The smallest absolute Gasteiger partial charge is 0.262 e. The molecule has 0 saturated heterocycles. The molecule has 1 aliphatic heterocycles. The van der Waals surface area contributed by atoms with Crippen LogP contribution in [0.15, 0.2) is 42.5 Å². The first-order chi connectivity index (χ1) is 10.9. The van der Waals surface area contributed by atoms with Gasteiger partial charge in [0.1, 0.15) is 5.60 Å². The van der Waals surface area contributed by atoms with Gasteiger partial charge in [-0.25, -0.2) is 0 Å². The van der Waals surface area contributed by atoms with E-state index in [0.717, 1.165) is 17.7 Å². The molecule has 1 N–H and O–H groups in total. The molecule has 5 heteroatoms. The Morgan fingerprint density at radius 1 is 1.26 bits per heavy atom. The molecule has 0 aliphatic carbocycles. The predicted octanol–water partition coefficient (Wildman–Crippen LogP) is 4.07. The first-order valence-electron chi connectivity index (χ1n) is 7.43. The van der Waals surface area contributed by atoms with Crippen molar-refractivity contribution in [1.82, 2.24) is 0 Å². The molecule has 4 nitrogen and oxygen atoms in total. The summed E-state index contributed by atoms with van der Waals surface area (Å²) in [7, 11) is 0. The summed E-state index contributed by atoms with van der Waals surface area (Å²) in [4.78, 5) is 12.0. The van der Waals surface area contributed by atoms with Gasteiger partial charge < -0.3 is 14.8 Å². The molecule has 2 aromatic rings. The fraction of sp³-hybridized carbons (Fsp3) is 0.278. The third-order valence-electron chi connectivity index (χ3n) is 3.56. The predicted molar refractivity (Wildman–Crippen MR) is 90.4 cm³/mol. The van der Waals surface area contributed by atoms with E-state index in [-0.39, 0.29) is 18.1 Å². The molecule has 0 aromatic heterocycles. The summed E-state index contributed by atoms with van der Waals surface area (Å²) < 4.78 is 11.6. The first kappa shape index (κ1) is 15.7. The molecule has 1 heterocycles. The first-order valence-corrected chi connectivity index (χ1v) is 7.80. The Morgan fingerprint density at radius 2 is 2.04 bits per heavy atom. The van der Waals surface area contributed by atoms with Crippen LogP contribution in [0.1, 0.15) is 19.4 Å². The summed E-state index contributed by atoms with van der Waals surface area (Å²) in [5.74, 6) is 1.04. The molecule has 0 spiro atoms. The molecule has 23 heavy (non-hydrogen) atoms. The summed E-state index contributed by atoms with van der Waals surface area (Å²) in [6, 6.07) is 12.8. The summed E-state index contributed by atoms with van der Waals surface area (Å²) in [5, 5.41) is 3.22. The number of carbonyl (C=O) groups excluding carboxylic acids is 1. The fourth-order valence-corrected chi connectivity index (χ4v) is 2.78. The molecule has 0 radical (unpaired) electrons. The van der Waals surface area contributed by atoms with E-state index in [0.29, 0.717) is 16.5 Å². The van der Waals surface area contributed by atoms with Gasteiger partial charge in [0.15, 0.2) is 18.1 Å². The Hall–Kier alpha value is -2.20. The highest BCUT2D eigenvalue weighted by molar-refractivity contribution is 6.33. The number of rotatable bonds is 4. The molecule has 1 amide bonds. The number of fused-ring (bicyclic) bond motifs is 1. The van der Waals surface area contributed by atoms with E-state index >= 15 is 0 Å². The van der Waals surface area contributed by atoms with E-state index in [1.165, 1.54) is 0 Å². The number of ether oxygens (including phenoxy) is 2. The van der Waals surface area contributed by atoms with Crippen LogP contribution in [0.4, 0.5) is 5.69 Å². The van der Waals surface area contributed by atoms with Crippen molar-refractivity contribution in [1.29, 1.82) is 0 Å². The van der Waals surface area contributed by atoms with Gasteiger partial charge in [0, 0.05) is 12.0 Å². The monoisotopic (exact) mass is 331 g/mol. The van der Waals surface area contributed by atoms with Gasteiger partial charge in [0.05, 0.1) is 10.7 Å². The average molecular weight is 332 g/mol. The van der Waals surface area contributed by atoms with Crippen molar-refractivity contribution in [3.05, 3.63) is 53.1 Å². The number of amides is 1. The molecule has 3 rings (SSSR count). The van der Waals surface area contributed by atoms with Crippen LogP contribution in [0.3, 0.4) is 0 Å². The molecular weight excluding hydrogens is 314 g/mol. The number of nitrogens with one attached hydrogen (secondary N) is 1. The lowest BCUT2D eigenvalue weighted by molar-refractivity contribution is -0.118. The summed E-state index contributed by atoms with van der Waals surface area (Å²) >= 11 is 6.02. The third kappa shape index (κ3) is 3.59. The second-order valence-corrected chi connectivity index (χ2v) is 6.51. The Balaban J connectivity index is 1.65. The molecule has 1 aliphatic rings. The van der Waals surface area contributed by atoms with Crippen LogP contribution < -0.4 is 14.8 Å². The van der Waals surface area contributed by atoms with E-state index in [1.54, 1.807) is 18.2 Å². The van der Waals surface area contributed by atoms with Gasteiger partial charge in [-0.3, -0.25) is 4.79 Å². The Kier molecular flexibility index (Phi) is 4.18. The van der Waals surface area contributed by atoms with Crippen molar-refractivity contribution < 1.29 is 14.3 Å². The van der Waals surface area contributed by atoms with E-state index < -0.39 is 0 Å². The SMILES string of the molecule is CC1(C)Cc2cccc(OCC(=O)Nc3ccccc3Cl)c2O1. The largest absolute Gasteiger partial charge is 0.483 e. The highest BCUT2D eigenvalue weighted by Gasteiger charge is 2.32. The second-order valence-electron chi connectivity index (χ2n) is 6.10. The number of hydrogen-bond donors (Lipinski definition) is 1. The zero-order valence-electron chi connectivity index (χ0n) is 13.1. The summed E-state index contributed by atoms with van der Waals surface area (Å²) in [6.07, 6.45) is 0.825. The average Bonchev–Trinajstić information content (AvgIpc) is 2.82. The quantitative estimate of drug-likeness (QED) is 0.918. The van der Waals surface area contributed by atoms with Crippen LogP contribution in [0, 0.1) is 0 Å². The van der Waals surface area contributed by atoms with Gasteiger partial charge in [0.2, 0.25) is 0 Å². The molecule has 0 bridgehead atoms. The van der Waals surface area contributed by atoms with Crippen molar-refractivity contribution in [3.63, 3.8) is 0 Å². The van der Waals surface area contributed by atoms with Crippen LogP contribution in [0.25, 0.3) is 0 Å². The maximum Gasteiger partial charge on any atom is 0.262 e.